The van der Waals surface area contributed by atoms with Gasteiger partial charge < -0.3 is 0 Å². The first kappa shape index (κ1) is 10.6. The second-order valence-electron chi connectivity index (χ2n) is 4.87. The van der Waals surface area contributed by atoms with Crippen molar-refractivity contribution in [2.24, 2.45) is 11.3 Å². The molecule has 0 spiro atoms. The number of halogens is 1. The lowest BCUT2D eigenvalue weighted by atomic mass is 9.79. The van der Waals surface area contributed by atoms with Crippen LogP contribution in [0.15, 0.2) is 0 Å². The van der Waals surface area contributed by atoms with Crippen molar-refractivity contribution < 1.29 is 0 Å². The molecule has 0 aromatic heterocycles. The van der Waals surface area contributed by atoms with Crippen LogP contribution in [0.25, 0.3) is 0 Å². The van der Waals surface area contributed by atoms with E-state index in [0.717, 1.165) is 10.7 Å². The molecule has 0 aromatic rings. The van der Waals surface area contributed by atoms with Gasteiger partial charge in [0.05, 0.1) is 0 Å². The zero-order valence-corrected chi connectivity index (χ0v) is 10.2. The van der Waals surface area contributed by atoms with E-state index in [0.29, 0.717) is 5.41 Å². The Labute approximate surface area is 85.3 Å². The fraction of sp³-hybridized carbons (Fsp3) is 1.00. The second kappa shape index (κ2) is 4.13. The summed E-state index contributed by atoms with van der Waals surface area (Å²) in [5.74, 6) is 0.910. The molecule has 0 N–H and O–H groups in total. The predicted octanol–water partition coefficient (Wildman–Crippen LogP) is 4.38. The third-order valence-electron chi connectivity index (χ3n) is 3.31. The molecule has 0 radical (unpaired) electrons. The van der Waals surface area contributed by atoms with E-state index in [4.69, 9.17) is 0 Å². The van der Waals surface area contributed by atoms with E-state index >= 15 is 0 Å². The van der Waals surface area contributed by atoms with E-state index in [1.54, 1.807) is 0 Å². The monoisotopic (exact) mass is 232 g/mol. The number of hydrogen-bond acceptors (Lipinski definition) is 0. The molecule has 3 unspecified atom stereocenters. The molecule has 3 atom stereocenters. The van der Waals surface area contributed by atoms with Crippen molar-refractivity contribution in [2.45, 2.75) is 57.7 Å². The number of hydrogen-bond donors (Lipinski definition) is 0. The Hall–Kier alpha value is 0.480. The molecule has 0 bridgehead atoms. The summed E-state index contributed by atoms with van der Waals surface area (Å²) >= 11 is 3.73. The molecule has 0 aliphatic heterocycles. The smallest absolute Gasteiger partial charge is 0.0151 e. The maximum Gasteiger partial charge on any atom is 0.0151 e. The lowest BCUT2D eigenvalue weighted by Crippen LogP contribution is -2.15. The van der Waals surface area contributed by atoms with Crippen molar-refractivity contribution in [3.05, 3.63) is 0 Å². The summed E-state index contributed by atoms with van der Waals surface area (Å²) in [7, 11) is 0. The van der Waals surface area contributed by atoms with Crippen LogP contribution in [0, 0.1) is 11.3 Å². The summed E-state index contributed by atoms with van der Waals surface area (Å²) in [6.45, 7) is 7.14. The van der Waals surface area contributed by atoms with Crippen LogP contribution in [0.1, 0.15) is 52.9 Å². The Kier molecular flexibility index (Phi) is 3.63. The normalized spacial score (nSPS) is 38.5. The summed E-state index contributed by atoms with van der Waals surface area (Å²) < 4.78 is 0. The molecule has 0 nitrogen and oxygen atoms in total. The zero-order chi connectivity index (χ0) is 9.19. The fourth-order valence-electron chi connectivity index (χ4n) is 2.41. The summed E-state index contributed by atoms with van der Waals surface area (Å²) in [5.41, 5.74) is 0.642. The second-order valence-corrected chi connectivity index (χ2v) is 6.16. The number of rotatable bonds is 3. The molecule has 1 aliphatic rings. The Balaban J connectivity index is 2.39. The molecule has 1 rings (SSSR count). The van der Waals surface area contributed by atoms with Gasteiger partial charge in [0.25, 0.3) is 0 Å². The average molecular weight is 233 g/mol. The van der Waals surface area contributed by atoms with Gasteiger partial charge in [-0.15, -0.1) is 0 Å². The topological polar surface area (TPSA) is 0 Å². The maximum absolute atomic E-state index is 3.73. The van der Waals surface area contributed by atoms with Gasteiger partial charge in [-0.1, -0.05) is 43.1 Å². The molecule has 72 valence electrons. The van der Waals surface area contributed by atoms with Crippen molar-refractivity contribution in [2.75, 3.05) is 0 Å². The quantitative estimate of drug-likeness (QED) is 0.634. The first-order chi connectivity index (χ1) is 5.56. The van der Waals surface area contributed by atoms with Crippen molar-refractivity contribution in [1.82, 2.24) is 0 Å². The Morgan fingerprint density at radius 3 is 2.67 bits per heavy atom. The summed E-state index contributed by atoms with van der Waals surface area (Å²) in [5, 5.41) is 0. The summed E-state index contributed by atoms with van der Waals surface area (Å²) in [6, 6.07) is 0. The fourth-order valence-corrected chi connectivity index (χ4v) is 3.43. The van der Waals surface area contributed by atoms with Gasteiger partial charge in [0.15, 0.2) is 0 Å². The minimum absolute atomic E-state index is 0.642. The SMILES string of the molecule is CCC(C)CC1(C)CCC(Br)C1. The first-order valence-corrected chi connectivity index (χ1v) is 6.11. The van der Waals surface area contributed by atoms with Gasteiger partial charge in [0.2, 0.25) is 0 Å². The molecule has 12 heavy (non-hydrogen) atoms. The summed E-state index contributed by atoms with van der Waals surface area (Å²) in [4.78, 5) is 0.798. The van der Waals surface area contributed by atoms with E-state index < -0.39 is 0 Å². The molecule has 0 heterocycles. The molecular weight excluding hydrogens is 212 g/mol. The molecule has 1 fully saturated rings. The van der Waals surface area contributed by atoms with Gasteiger partial charge in [-0.25, -0.2) is 0 Å². The van der Waals surface area contributed by atoms with Crippen LogP contribution in [0.4, 0.5) is 0 Å². The molecule has 1 heteroatoms. The Morgan fingerprint density at radius 1 is 1.58 bits per heavy atom. The van der Waals surface area contributed by atoms with Crippen molar-refractivity contribution in [1.29, 1.82) is 0 Å². The van der Waals surface area contributed by atoms with E-state index in [1.807, 2.05) is 0 Å². The maximum atomic E-state index is 3.73. The van der Waals surface area contributed by atoms with Gasteiger partial charge in [0.1, 0.15) is 0 Å². The van der Waals surface area contributed by atoms with E-state index in [1.165, 1.54) is 32.1 Å². The largest absolute Gasteiger partial charge is 0.0890 e. The molecular formula is C11H21Br. The lowest BCUT2D eigenvalue weighted by Gasteiger charge is -2.26. The Morgan fingerprint density at radius 2 is 2.25 bits per heavy atom. The molecule has 1 saturated carbocycles. The highest BCUT2D eigenvalue weighted by atomic mass is 79.9. The third kappa shape index (κ3) is 2.76. The number of alkyl halides is 1. The van der Waals surface area contributed by atoms with Crippen molar-refractivity contribution in [3.8, 4) is 0 Å². The van der Waals surface area contributed by atoms with Gasteiger partial charge in [-0.3, -0.25) is 0 Å². The van der Waals surface area contributed by atoms with E-state index in [2.05, 4.69) is 36.7 Å². The van der Waals surface area contributed by atoms with E-state index in [-0.39, 0.29) is 0 Å². The third-order valence-corrected chi connectivity index (χ3v) is 4.10. The van der Waals surface area contributed by atoms with Crippen LogP contribution in [0.5, 0.6) is 0 Å². The van der Waals surface area contributed by atoms with Crippen LogP contribution < -0.4 is 0 Å². The average Bonchev–Trinajstić information content (AvgIpc) is 2.30. The molecule has 0 aromatic carbocycles. The van der Waals surface area contributed by atoms with Crippen LogP contribution >= 0.6 is 15.9 Å². The zero-order valence-electron chi connectivity index (χ0n) is 8.57. The van der Waals surface area contributed by atoms with Gasteiger partial charge in [0, 0.05) is 4.83 Å². The molecule has 0 saturated heterocycles. The highest BCUT2D eigenvalue weighted by molar-refractivity contribution is 9.09. The van der Waals surface area contributed by atoms with Gasteiger partial charge in [-0.05, 0) is 37.0 Å². The van der Waals surface area contributed by atoms with Crippen molar-refractivity contribution >= 4 is 15.9 Å². The van der Waals surface area contributed by atoms with Crippen LogP contribution in [0.2, 0.25) is 0 Å². The van der Waals surface area contributed by atoms with Crippen LogP contribution in [-0.2, 0) is 0 Å². The standard InChI is InChI=1S/C11H21Br/c1-4-9(2)7-11(3)6-5-10(12)8-11/h9-10H,4-8H2,1-3H3. The predicted molar refractivity (Wildman–Crippen MR) is 58.7 cm³/mol. The van der Waals surface area contributed by atoms with E-state index in [9.17, 15) is 0 Å². The van der Waals surface area contributed by atoms with Gasteiger partial charge >= 0.3 is 0 Å². The van der Waals surface area contributed by atoms with Crippen molar-refractivity contribution in [3.63, 3.8) is 0 Å². The Bertz CT molecular complexity index is 144. The highest BCUT2D eigenvalue weighted by Gasteiger charge is 2.34. The minimum atomic E-state index is 0.642. The lowest BCUT2D eigenvalue weighted by molar-refractivity contribution is 0.253. The molecule has 0 amide bonds. The molecule has 1 aliphatic carbocycles. The van der Waals surface area contributed by atoms with Crippen LogP contribution in [0.3, 0.4) is 0 Å². The van der Waals surface area contributed by atoms with Crippen LogP contribution in [-0.4, -0.2) is 4.83 Å². The first-order valence-electron chi connectivity index (χ1n) is 5.20. The highest BCUT2D eigenvalue weighted by Crippen LogP contribution is 2.45. The minimum Gasteiger partial charge on any atom is -0.0890 e. The van der Waals surface area contributed by atoms with Gasteiger partial charge in [-0.2, -0.15) is 0 Å². The summed E-state index contributed by atoms with van der Waals surface area (Å²) in [6.07, 6.45) is 6.95.